The van der Waals surface area contributed by atoms with Gasteiger partial charge < -0.3 is 9.84 Å². The molecule has 4 nitrogen and oxygen atoms in total. The van der Waals surface area contributed by atoms with Crippen molar-refractivity contribution in [2.24, 2.45) is 0 Å². The lowest BCUT2D eigenvalue weighted by Crippen LogP contribution is -2.28. The summed E-state index contributed by atoms with van der Waals surface area (Å²) >= 11 is 6.16. The third kappa shape index (κ3) is 2.15. The fourth-order valence-electron chi connectivity index (χ4n) is 2.57. The summed E-state index contributed by atoms with van der Waals surface area (Å²) in [5.41, 5.74) is 0.795. The fourth-order valence-corrected chi connectivity index (χ4v) is 2.79. The lowest BCUT2D eigenvalue weighted by atomic mass is 9.84. The van der Waals surface area contributed by atoms with Gasteiger partial charge in [0.15, 0.2) is 0 Å². The van der Waals surface area contributed by atoms with Gasteiger partial charge in [0.25, 0.3) is 0 Å². The summed E-state index contributed by atoms with van der Waals surface area (Å²) < 4.78 is 5.49. The molecule has 100 valence electrons. The first-order valence-corrected chi connectivity index (χ1v) is 6.93. The van der Waals surface area contributed by atoms with Gasteiger partial charge in [0.1, 0.15) is 0 Å². The summed E-state index contributed by atoms with van der Waals surface area (Å²) in [7, 11) is 0. The Morgan fingerprint density at radius 3 is 2.95 bits per heavy atom. The molecule has 1 saturated heterocycles. The molecule has 19 heavy (non-hydrogen) atoms. The predicted molar refractivity (Wildman–Crippen MR) is 74.2 cm³/mol. The largest absolute Gasteiger partial charge is 0.338 e. The van der Waals surface area contributed by atoms with Crippen LogP contribution in [0.2, 0.25) is 5.02 Å². The number of nitrogens with zero attached hydrogens (tertiary/aromatic N) is 2. The van der Waals surface area contributed by atoms with Crippen LogP contribution < -0.4 is 5.32 Å². The lowest BCUT2D eigenvalue weighted by molar-refractivity contribution is 0.285. The van der Waals surface area contributed by atoms with Crippen molar-refractivity contribution in [3.8, 4) is 11.4 Å². The Labute approximate surface area is 117 Å². The van der Waals surface area contributed by atoms with Crippen LogP contribution >= 0.6 is 11.6 Å². The molecule has 1 fully saturated rings. The first-order valence-electron chi connectivity index (χ1n) is 6.55. The molecule has 1 N–H and O–H groups in total. The summed E-state index contributed by atoms with van der Waals surface area (Å²) in [6.45, 7) is 4.05. The van der Waals surface area contributed by atoms with Crippen LogP contribution in [0.5, 0.6) is 0 Å². The van der Waals surface area contributed by atoms with E-state index in [9.17, 15) is 0 Å². The number of hydrogen-bond acceptors (Lipinski definition) is 4. The number of halogens is 1. The van der Waals surface area contributed by atoms with Crippen LogP contribution in [0.3, 0.4) is 0 Å². The highest BCUT2D eigenvalue weighted by atomic mass is 35.5. The Balaban J connectivity index is 1.98. The van der Waals surface area contributed by atoms with E-state index < -0.39 is 0 Å². The molecule has 0 amide bonds. The van der Waals surface area contributed by atoms with E-state index in [1.54, 1.807) is 0 Å². The summed E-state index contributed by atoms with van der Waals surface area (Å²) in [5.74, 6) is 1.29. The molecule has 1 aromatic carbocycles. The molecule has 1 unspecified atom stereocenters. The topological polar surface area (TPSA) is 51.0 Å². The van der Waals surface area contributed by atoms with Gasteiger partial charge in [-0.1, -0.05) is 35.8 Å². The molecule has 0 radical (unpaired) electrons. The Morgan fingerprint density at radius 1 is 1.42 bits per heavy atom. The summed E-state index contributed by atoms with van der Waals surface area (Å²) in [4.78, 5) is 4.56. The van der Waals surface area contributed by atoms with Crippen LogP contribution in [0.4, 0.5) is 0 Å². The Kier molecular flexibility index (Phi) is 3.29. The molecule has 0 saturated carbocycles. The molecule has 0 bridgehead atoms. The van der Waals surface area contributed by atoms with Crippen molar-refractivity contribution in [2.75, 3.05) is 13.1 Å². The van der Waals surface area contributed by atoms with Crippen LogP contribution in [0, 0.1) is 0 Å². The average Bonchev–Trinajstić information content (AvgIpc) is 3.09. The number of aromatic nitrogens is 2. The van der Waals surface area contributed by atoms with E-state index in [-0.39, 0.29) is 5.41 Å². The molecule has 5 heteroatoms. The maximum atomic E-state index is 6.16. The molecule has 3 rings (SSSR count). The van der Waals surface area contributed by atoms with Crippen LogP contribution in [0.1, 0.15) is 25.7 Å². The predicted octanol–water partition coefficient (Wildman–Crippen LogP) is 3.03. The van der Waals surface area contributed by atoms with E-state index in [1.165, 1.54) is 0 Å². The molecule has 2 heterocycles. The van der Waals surface area contributed by atoms with Crippen molar-refractivity contribution in [3.05, 3.63) is 35.2 Å². The second-order valence-electron chi connectivity index (χ2n) is 4.96. The molecule has 2 aromatic rings. The summed E-state index contributed by atoms with van der Waals surface area (Å²) in [5, 5.41) is 8.10. The van der Waals surface area contributed by atoms with Gasteiger partial charge in [-0.25, -0.2) is 0 Å². The standard InChI is InChI=1S/C14H16ClN3O/c1-2-14(7-8-16-9-14)13-17-12(18-19-13)10-5-3-4-6-11(10)15/h3-6,16H,2,7-9H2,1H3. The Hall–Kier alpha value is -1.39. The third-order valence-corrected chi connectivity index (χ3v) is 4.24. The van der Waals surface area contributed by atoms with Crippen LogP contribution in [0.25, 0.3) is 11.4 Å². The van der Waals surface area contributed by atoms with Gasteiger partial charge in [0.2, 0.25) is 11.7 Å². The highest BCUT2D eigenvalue weighted by Gasteiger charge is 2.39. The van der Waals surface area contributed by atoms with Crippen molar-refractivity contribution in [2.45, 2.75) is 25.2 Å². The van der Waals surface area contributed by atoms with Crippen LogP contribution in [0.15, 0.2) is 28.8 Å². The molecular weight excluding hydrogens is 262 g/mol. The van der Waals surface area contributed by atoms with Gasteiger partial charge in [-0.15, -0.1) is 0 Å². The van der Waals surface area contributed by atoms with Crippen molar-refractivity contribution in [1.82, 2.24) is 15.5 Å². The minimum atomic E-state index is -0.0213. The van der Waals surface area contributed by atoms with E-state index in [2.05, 4.69) is 22.4 Å². The van der Waals surface area contributed by atoms with Gasteiger partial charge in [-0.3, -0.25) is 0 Å². The van der Waals surface area contributed by atoms with Crippen LogP contribution in [-0.2, 0) is 5.41 Å². The maximum Gasteiger partial charge on any atom is 0.234 e. The van der Waals surface area contributed by atoms with Gasteiger partial charge in [-0.2, -0.15) is 4.98 Å². The molecular formula is C14H16ClN3O. The first kappa shape index (κ1) is 12.6. The van der Waals surface area contributed by atoms with Gasteiger partial charge in [-0.05, 0) is 31.5 Å². The van der Waals surface area contributed by atoms with Crippen molar-refractivity contribution < 1.29 is 4.52 Å². The zero-order valence-electron chi connectivity index (χ0n) is 10.8. The SMILES string of the molecule is CCC1(c2nc(-c3ccccc3Cl)no2)CCNC1. The highest BCUT2D eigenvalue weighted by Crippen LogP contribution is 2.34. The van der Waals surface area contributed by atoms with Gasteiger partial charge in [0.05, 0.1) is 10.4 Å². The number of nitrogens with one attached hydrogen (secondary N) is 1. The third-order valence-electron chi connectivity index (χ3n) is 3.91. The second-order valence-corrected chi connectivity index (χ2v) is 5.37. The molecule has 0 spiro atoms. The van der Waals surface area contributed by atoms with Crippen molar-refractivity contribution in [3.63, 3.8) is 0 Å². The molecule has 1 aliphatic heterocycles. The van der Waals surface area contributed by atoms with Gasteiger partial charge in [0, 0.05) is 12.1 Å². The molecule has 0 aliphatic carbocycles. The zero-order valence-corrected chi connectivity index (χ0v) is 11.6. The quantitative estimate of drug-likeness (QED) is 0.937. The minimum Gasteiger partial charge on any atom is -0.338 e. The van der Waals surface area contributed by atoms with E-state index >= 15 is 0 Å². The number of benzene rings is 1. The van der Waals surface area contributed by atoms with E-state index in [0.29, 0.717) is 10.8 Å². The van der Waals surface area contributed by atoms with E-state index in [1.807, 2.05) is 24.3 Å². The normalized spacial score (nSPS) is 22.8. The lowest BCUT2D eigenvalue weighted by Gasteiger charge is -2.20. The van der Waals surface area contributed by atoms with E-state index in [4.69, 9.17) is 16.1 Å². The van der Waals surface area contributed by atoms with E-state index in [0.717, 1.165) is 37.4 Å². The Morgan fingerprint density at radius 2 is 2.26 bits per heavy atom. The van der Waals surface area contributed by atoms with Crippen molar-refractivity contribution >= 4 is 11.6 Å². The number of hydrogen-bond donors (Lipinski definition) is 1. The van der Waals surface area contributed by atoms with Crippen LogP contribution in [-0.4, -0.2) is 23.2 Å². The second kappa shape index (κ2) is 4.94. The minimum absolute atomic E-state index is 0.0213. The summed E-state index contributed by atoms with van der Waals surface area (Å²) in [6, 6.07) is 7.55. The number of rotatable bonds is 3. The first-order chi connectivity index (χ1) is 9.25. The summed E-state index contributed by atoms with van der Waals surface area (Å²) in [6.07, 6.45) is 2.03. The maximum absolute atomic E-state index is 6.16. The highest BCUT2D eigenvalue weighted by molar-refractivity contribution is 6.33. The fraction of sp³-hybridized carbons (Fsp3) is 0.429. The molecule has 1 atom stereocenters. The van der Waals surface area contributed by atoms with Gasteiger partial charge >= 0.3 is 0 Å². The average molecular weight is 278 g/mol. The van der Waals surface area contributed by atoms with Crippen molar-refractivity contribution in [1.29, 1.82) is 0 Å². The smallest absolute Gasteiger partial charge is 0.234 e. The Bertz CT molecular complexity index is 576. The monoisotopic (exact) mass is 277 g/mol. The molecule has 1 aromatic heterocycles. The molecule has 1 aliphatic rings. The zero-order chi connectivity index (χ0) is 13.3.